The number of H-pyrrole nitrogens is 1. The molecule has 7 heteroatoms. The van der Waals surface area contributed by atoms with Crippen molar-refractivity contribution in [3.63, 3.8) is 0 Å². The summed E-state index contributed by atoms with van der Waals surface area (Å²) in [7, 11) is 0. The molecular weight excluding hydrogens is 265 g/mol. The number of rotatable bonds is 3. The van der Waals surface area contributed by atoms with Crippen molar-refractivity contribution < 1.29 is 9.90 Å². The summed E-state index contributed by atoms with van der Waals surface area (Å²) in [6.07, 6.45) is -0.567. The molecule has 0 unspecified atom stereocenters. The molecular formula is C10H9Cl2N3O2. The van der Waals surface area contributed by atoms with Gasteiger partial charge in [-0.25, -0.2) is 9.78 Å². The van der Waals surface area contributed by atoms with Gasteiger partial charge in [0.15, 0.2) is 0 Å². The number of imidazole rings is 1. The smallest absolute Gasteiger partial charge is 0.404 e. The number of halogens is 2. The van der Waals surface area contributed by atoms with Crippen LogP contribution in [0.3, 0.4) is 0 Å². The molecule has 0 aliphatic carbocycles. The first-order valence-electron chi connectivity index (χ1n) is 4.86. The Balaban J connectivity index is 2.17. The fraction of sp³-hybridized carbons (Fsp3) is 0.200. The van der Waals surface area contributed by atoms with E-state index in [0.29, 0.717) is 34.4 Å². The minimum atomic E-state index is -1.05. The van der Waals surface area contributed by atoms with Gasteiger partial charge in [-0.3, -0.25) is 0 Å². The second-order valence-corrected chi connectivity index (χ2v) is 4.26. The van der Waals surface area contributed by atoms with E-state index in [0.717, 1.165) is 5.52 Å². The number of nitrogens with one attached hydrogen (secondary N) is 2. The van der Waals surface area contributed by atoms with Crippen LogP contribution in [0.4, 0.5) is 4.79 Å². The molecule has 0 radical (unpaired) electrons. The summed E-state index contributed by atoms with van der Waals surface area (Å²) in [6.45, 7) is 0.302. The van der Waals surface area contributed by atoms with Crippen LogP contribution in [0.1, 0.15) is 5.82 Å². The van der Waals surface area contributed by atoms with Crippen LogP contribution in [0.2, 0.25) is 10.0 Å². The Hall–Kier alpha value is -1.46. The molecule has 0 atom stereocenters. The number of benzene rings is 1. The number of aromatic amines is 1. The summed E-state index contributed by atoms with van der Waals surface area (Å²) in [5.74, 6) is 0.687. The minimum Gasteiger partial charge on any atom is -0.465 e. The highest BCUT2D eigenvalue weighted by Gasteiger charge is 2.06. The number of carbonyl (C=O) groups is 1. The average molecular weight is 274 g/mol. The molecule has 0 saturated carbocycles. The Kier molecular flexibility index (Phi) is 3.40. The standard InChI is InChI=1S/C10H9Cl2N3O2/c11-5-3-7-8(4-6(5)12)15-9(14-7)1-2-13-10(16)17/h3-4,13H,1-2H2,(H,14,15)(H,16,17). The van der Waals surface area contributed by atoms with Crippen molar-refractivity contribution >= 4 is 40.3 Å². The topological polar surface area (TPSA) is 78.0 Å². The average Bonchev–Trinajstić information content (AvgIpc) is 2.60. The van der Waals surface area contributed by atoms with E-state index in [2.05, 4.69) is 15.3 Å². The van der Waals surface area contributed by atoms with Crippen molar-refractivity contribution in [3.05, 3.63) is 28.0 Å². The van der Waals surface area contributed by atoms with Crippen LogP contribution >= 0.6 is 23.2 Å². The molecule has 1 amide bonds. The van der Waals surface area contributed by atoms with E-state index in [1.807, 2.05) is 0 Å². The summed E-state index contributed by atoms with van der Waals surface area (Å²) in [5, 5.41) is 11.6. The fourth-order valence-corrected chi connectivity index (χ4v) is 1.79. The van der Waals surface area contributed by atoms with Crippen molar-refractivity contribution in [2.45, 2.75) is 6.42 Å². The second-order valence-electron chi connectivity index (χ2n) is 3.45. The fourth-order valence-electron chi connectivity index (χ4n) is 1.46. The molecule has 90 valence electrons. The Morgan fingerprint density at radius 1 is 1.41 bits per heavy atom. The zero-order valence-electron chi connectivity index (χ0n) is 8.63. The van der Waals surface area contributed by atoms with Gasteiger partial charge in [0.05, 0.1) is 21.1 Å². The molecule has 3 N–H and O–H groups in total. The highest BCUT2D eigenvalue weighted by Crippen LogP contribution is 2.26. The van der Waals surface area contributed by atoms with Gasteiger partial charge in [0.25, 0.3) is 0 Å². The van der Waals surface area contributed by atoms with Crippen LogP contribution in [0.25, 0.3) is 11.0 Å². The van der Waals surface area contributed by atoms with Crippen LogP contribution in [-0.2, 0) is 6.42 Å². The number of nitrogens with zero attached hydrogens (tertiary/aromatic N) is 1. The first kappa shape index (κ1) is 12.0. The van der Waals surface area contributed by atoms with Gasteiger partial charge >= 0.3 is 6.09 Å². The first-order chi connectivity index (χ1) is 8.06. The van der Waals surface area contributed by atoms with Gasteiger partial charge in [0.2, 0.25) is 0 Å². The maximum absolute atomic E-state index is 10.3. The third-order valence-electron chi connectivity index (χ3n) is 2.21. The Morgan fingerprint density at radius 2 is 2.12 bits per heavy atom. The summed E-state index contributed by atoms with van der Waals surface area (Å²) in [4.78, 5) is 17.6. The van der Waals surface area contributed by atoms with Crippen LogP contribution < -0.4 is 5.32 Å². The van der Waals surface area contributed by atoms with Crippen molar-refractivity contribution in [1.82, 2.24) is 15.3 Å². The molecule has 2 rings (SSSR count). The predicted octanol–water partition coefficient (Wildman–Crippen LogP) is 2.68. The molecule has 5 nitrogen and oxygen atoms in total. The quantitative estimate of drug-likeness (QED) is 0.805. The monoisotopic (exact) mass is 273 g/mol. The molecule has 0 fully saturated rings. The van der Waals surface area contributed by atoms with Gasteiger partial charge in [-0.1, -0.05) is 23.2 Å². The molecule has 1 aromatic carbocycles. The summed E-state index contributed by atoms with van der Waals surface area (Å²) in [5.41, 5.74) is 1.49. The molecule has 0 spiro atoms. The molecule has 1 heterocycles. The SMILES string of the molecule is O=C(O)NCCc1nc2cc(Cl)c(Cl)cc2[nH]1. The predicted molar refractivity (Wildman–Crippen MR) is 65.8 cm³/mol. The van der Waals surface area contributed by atoms with Crippen molar-refractivity contribution in [1.29, 1.82) is 0 Å². The lowest BCUT2D eigenvalue weighted by Crippen LogP contribution is -2.23. The second kappa shape index (κ2) is 4.81. The maximum Gasteiger partial charge on any atom is 0.404 e. The van der Waals surface area contributed by atoms with E-state index in [-0.39, 0.29) is 0 Å². The Bertz CT molecular complexity index is 529. The molecule has 0 bridgehead atoms. The van der Waals surface area contributed by atoms with E-state index in [9.17, 15) is 4.79 Å². The largest absolute Gasteiger partial charge is 0.465 e. The summed E-state index contributed by atoms with van der Waals surface area (Å²) >= 11 is 11.7. The van der Waals surface area contributed by atoms with E-state index in [1.54, 1.807) is 12.1 Å². The van der Waals surface area contributed by atoms with Crippen LogP contribution in [0.15, 0.2) is 12.1 Å². The normalized spacial score (nSPS) is 10.7. The third kappa shape index (κ3) is 2.81. The number of hydrogen-bond donors (Lipinski definition) is 3. The van der Waals surface area contributed by atoms with Crippen LogP contribution in [0, 0.1) is 0 Å². The maximum atomic E-state index is 10.3. The van der Waals surface area contributed by atoms with E-state index < -0.39 is 6.09 Å². The molecule has 1 aromatic heterocycles. The lowest BCUT2D eigenvalue weighted by atomic mass is 10.3. The lowest BCUT2D eigenvalue weighted by molar-refractivity contribution is 0.194. The number of aromatic nitrogens is 2. The number of fused-ring (bicyclic) bond motifs is 1. The van der Waals surface area contributed by atoms with Crippen LogP contribution in [0.5, 0.6) is 0 Å². The van der Waals surface area contributed by atoms with Gasteiger partial charge in [-0.2, -0.15) is 0 Å². The number of carboxylic acid groups (broad SMARTS) is 1. The van der Waals surface area contributed by atoms with E-state index >= 15 is 0 Å². The molecule has 0 saturated heterocycles. The van der Waals surface area contributed by atoms with Gasteiger partial charge in [0.1, 0.15) is 5.82 Å². The third-order valence-corrected chi connectivity index (χ3v) is 2.93. The van der Waals surface area contributed by atoms with Gasteiger partial charge in [-0.15, -0.1) is 0 Å². The van der Waals surface area contributed by atoms with Gasteiger partial charge < -0.3 is 15.4 Å². The molecule has 2 aromatic rings. The number of amides is 1. The Morgan fingerprint density at radius 3 is 2.82 bits per heavy atom. The molecule has 0 aliphatic rings. The zero-order valence-corrected chi connectivity index (χ0v) is 10.1. The highest BCUT2D eigenvalue weighted by atomic mass is 35.5. The van der Waals surface area contributed by atoms with Crippen molar-refractivity contribution in [2.75, 3.05) is 6.54 Å². The van der Waals surface area contributed by atoms with Crippen LogP contribution in [-0.4, -0.2) is 27.7 Å². The highest BCUT2D eigenvalue weighted by molar-refractivity contribution is 6.42. The zero-order chi connectivity index (χ0) is 12.4. The van der Waals surface area contributed by atoms with Crippen molar-refractivity contribution in [3.8, 4) is 0 Å². The number of hydrogen-bond acceptors (Lipinski definition) is 2. The summed E-state index contributed by atoms with van der Waals surface area (Å²) in [6, 6.07) is 3.37. The molecule has 0 aliphatic heterocycles. The van der Waals surface area contributed by atoms with Gasteiger partial charge in [-0.05, 0) is 12.1 Å². The van der Waals surface area contributed by atoms with E-state index in [1.165, 1.54) is 0 Å². The summed E-state index contributed by atoms with van der Waals surface area (Å²) < 4.78 is 0. The lowest BCUT2D eigenvalue weighted by Gasteiger charge is -1.96. The Labute approximate surface area is 107 Å². The molecule has 17 heavy (non-hydrogen) atoms. The van der Waals surface area contributed by atoms with Crippen molar-refractivity contribution in [2.24, 2.45) is 0 Å². The van der Waals surface area contributed by atoms with E-state index in [4.69, 9.17) is 28.3 Å². The minimum absolute atomic E-state index is 0.302. The first-order valence-corrected chi connectivity index (χ1v) is 5.62. The van der Waals surface area contributed by atoms with Gasteiger partial charge in [0, 0.05) is 13.0 Å².